The summed E-state index contributed by atoms with van der Waals surface area (Å²) in [6.45, 7) is 2.68. The molecule has 0 bridgehead atoms. The number of sulfone groups is 1. The molecule has 5 nitrogen and oxygen atoms in total. The van der Waals surface area contributed by atoms with Crippen molar-refractivity contribution >= 4 is 15.7 Å². The minimum Gasteiger partial charge on any atom is -0.340 e. The summed E-state index contributed by atoms with van der Waals surface area (Å²) < 4.78 is 22.9. The maximum atomic E-state index is 12.2. The van der Waals surface area contributed by atoms with Crippen molar-refractivity contribution < 1.29 is 13.2 Å². The number of nitrogens with zero attached hydrogens (tertiary/aromatic N) is 1. The highest BCUT2D eigenvalue weighted by molar-refractivity contribution is 7.91. The lowest BCUT2D eigenvalue weighted by Crippen LogP contribution is -2.52. The van der Waals surface area contributed by atoms with Crippen LogP contribution in [-0.4, -0.2) is 55.9 Å². The third-order valence-electron chi connectivity index (χ3n) is 3.66. The molecule has 18 heavy (non-hydrogen) atoms. The third kappa shape index (κ3) is 3.68. The molecule has 2 rings (SSSR count). The molecule has 2 aliphatic rings. The van der Waals surface area contributed by atoms with Gasteiger partial charge in [-0.1, -0.05) is 6.92 Å². The minimum atomic E-state index is -2.98. The zero-order valence-corrected chi connectivity index (χ0v) is 11.7. The highest BCUT2D eigenvalue weighted by Crippen LogP contribution is 2.22. The molecule has 1 unspecified atom stereocenters. The van der Waals surface area contributed by atoms with Crippen LogP contribution in [0, 0.1) is 0 Å². The number of hydrogen-bond acceptors (Lipinski definition) is 4. The van der Waals surface area contributed by atoms with Crippen LogP contribution in [0.2, 0.25) is 0 Å². The Balaban J connectivity index is 1.85. The highest BCUT2D eigenvalue weighted by atomic mass is 32.2. The van der Waals surface area contributed by atoms with Crippen molar-refractivity contribution in [1.29, 1.82) is 0 Å². The number of rotatable bonds is 6. The minimum absolute atomic E-state index is 0.0828. The molecule has 0 spiro atoms. The Morgan fingerprint density at radius 3 is 2.67 bits per heavy atom. The van der Waals surface area contributed by atoms with Crippen molar-refractivity contribution in [2.24, 2.45) is 0 Å². The van der Waals surface area contributed by atoms with E-state index in [0.717, 1.165) is 25.7 Å². The molecule has 0 aromatic rings. The molecule has 0 radical (unpaired) electrons. The standard InChI is InChI=1S/C12H22N2O3S/c1-2-18(16,17)9-8-14-7-3-4-11(12(14)15)13-10-5-6-10/h10-11,13H,2-9H2,1H3. The van der Waals surface area contributed by atoms with Crippen LogP contribution in [0.4, 0.5) is 0 Å². The van der Waals surface area contributed by atoms with Gasteiger partial charge in [-0.3, -0.25) is 4.79 Å². The Hall–Kier alpha value is -0.620. The lowest BCUT2D eigenvalue weighted by molar-refractivity contribution is -0.135. The van der Waals surface area contributed by atoms with Crippen LogP contribution in [0.3, 0.4) is 0 Å². The maximum absolute atomic E-state index is 12.2. The van der Waals surface area contributed by atoms with E-state index in [1.807, 2.05) is 0 Å². The Kier molecular flexibility index (Phi) is 4.27. The topological polar surface area (TPSA) is 66.5 Å². The van der Waals surface area contributed by atoms with Gasteiger partial charge in [0.15, 0.2) is 9.84 Å². The highest BCUT2D eigenvalue weighted by Gasteiger charge is 2.33. The average Bonchev–Trinajstić information content (AvgIpc) is 3.14. The second kappa shape index (κ2) is 5.57. The molecule has 1 aliphatic heterocycles. The normalized spacial score (nSPS) is 25.5. The van der Waals surface area contributed by atoms with Gasteiger partial charge in [0.25, 0.3) is 0 Å². The van der Waals surface area contributed by atoms with Gasteiger partial charge in [-0.25, -0.2) is 8.42 Å². The fourth-order valence-corrected chi connectivity index (χ4v) is 3.03. The fraction of sp³-hybridized carbons (Fsp3) is 0.917. The van der Waals surface area contributed by atoms with Crippen LogP contribution in [0.5, 0.6) is 0 Å². The van der Waals surface area contributed by atoms with Gasteiger partial charge in [-0.05, 0) is 25.7 Å². The summed E-state index contributed by atoms with van der Waals surface area (Å²) in [6, 6.07) is 0.425. The van der Waals surface area contributed by atoms with E-state index >= 15 is 0 Å². The van der Waals surface area contributed by atoms with Gasteiger partial charge in [0, 0.05) is 24.9 Å². The number of carbonyl (C=O) groups is 1. The smallest absolute Gasteiger partial charge is 0.239 e. The first-order chi connectivity index (χ1) is 8.52. The van der Waals surface area contributed by atoms with Crippen LogP contribution in [0.25, 0.3) is 0 Å². The number of carbonyl (C=O) groups excluding carboxylic acids is 1. The van der Waals surface area contributed by atoms with Crippen LogP contribution in [-0.2, 0) is 14.6 Å². The molecule has 104 valence electrons. The summed E-state index contributed by atoms with van der Waals surface area (Å²) in [5, 5.41) is 3.34. The molecule has 1 N–H and O–H groups in total. The lowest BCUT2D eigenvalue weighted by atomic mass is 10.0. The van der Waals surface area contributed by atoms with Gasteiger partial charge >= 0.3 is 0 Å². The van der Waals surface area contributed by atoms with E-state index in [4.69, 9.17) is 0 Å². The molecular formula is C12H22N2O3S. The van der Waals surface area contributed by atoms with Gasteiger partial charge in [0.05, 0.1) is 11.8 Å². The van der Waals surface area contributed by atoms with Crippen molar-refractivity contribution in [1.82, 2.24) is 10.2 Å². The summed E-state index contributed by atoms with van der Waals surface area (Å²) in [7, 11) is -2.98. The largest absolute Gasteiger partial charge is 0.340 e. The molecule has 6 heteroatoms. The van der Waals surface area contributed by atoms with E-state index in [1.54, 1.807) is 11.8 Å². The van der Waals surface area contributed by atoms with E-state index in [-0.39, 0.29) is 23.5 Å². The van der Waals surface area contributed by atoms with E-state index in [9.17, 15) is 13.2 Å². The molecule has 0 aromatic carbocycles. The number of piperidine rings is 1. The third-order valence-corrected chi connectivity index (χ3v) is 5.34. The van der Waals surface area contributed by atoms with Crippen LogP contribution in [0.15, 0.2) is 0 Å². The maximum Gasteiger partial charge on any atom is 0.239 e. The summed E-state index contributed by atoms with van der Waals surface area (Å²) in [6.07, 6.45) is 4.16. The SMILES string of the molecule is CCS(=O)(=O)CCN1CCCC(NC2CC2)C1=O. The van der Waals surface area contributed by atoms with Gasteiger partial charge < -0.3 is 10.2 Å². The molecule has 1 saturated carbocycles. The Morgan fingerprint density at radius 1 is 1.33 bits per heavy atom. The quantitative estimate of drug-likeness (QED) is 0.749. The predicted molar refractivity (Wildman–Crippen MR) is 70.1 cm³/mol. The van der Waals surface area contributed by atoms with Crippen molar-refractivity contribution in [3.63, 3.8) is 0 Å². The molecule has 1 atom stereocenters. The number of nitrogens with one attached hydrogen (secondary N) is 1. The predicted octanol–water partition coefficient (Wildman–Crippen LogP) is 0.164. The first-order valence-corrected chi connectivity index (χ1v) is 8.59. The Bertz CT molecular complexity index is 404. The number of likely N-dealkylation sites (tertiary alicyclic amines) is 1. The van der Waals surface area contributed by atoms with Crippen molar-refractivity contribution in [2.75, 3.05) is 24.6 Å². The zero-order valence-electron chi connectivity index (χ0n) is 10.9. The summed E-state index contributed by atoms with van der Waals surface area (Å²) in [5.41, 5.74) is 0. The van der Waals surface area contributed by atoms with Crippen molar-refractivity contribution in [3.05, 3.63) is 0 Å². The van der Waals surface area contributed by atoms with E-state index < -0.39 is 9.84 Å². The van der Waals surface area contributed by atoms with E-state index in [2.05, 4.69) is 5.32 Å². The van der Waals surface area contributed by atoms with Crippen molar-refractivity contribution in [3.8, 4) is 0 Å². The fourth-order valence-electron chi connectivity index (χ4n) is 2.25. The second-order valence-corrected chi connectivity index (χ2v) is 7.67. The van der Waals surface area contributed by atoms with Gasteiger partial charge in [0.1, 0.15) is 0 Å². The second-order valence-electron chi connectivity index (χ2n) is 5.20. The average molecular weight is 274 g/mol. The van der Waals surface area contributed by atoms with Gasteiger partial charge in [-0.2, -0.15) is 0 Å². The molecule has 2 fully saturated rings. The summed E-state index contributed by atoms with van der Waals surface area (Å²) in [4.78, 5) is 13.9. The van der Waals surface area contributed by atoms with Crippen LogP contribution >= 0.6 is 0 Å². The molecule has 1 saturated heterocycles. The molecule has 1 heterocycles. The molecule has 0 aromatic heterocycles. The monoisotopic (exact) mass is 274 g/mol. The lowest BCUT2D eigenvalue weighted by Gasteiger charge is -2.32. The van der Waals surface area contributed by atoms with Crippen LogP contribution in [0.1, 0.15) is 32.6 Å². The summed E-state index contributed by atoms with van der Waals surface area (Å²) in [5.74, 6) is 0.323. The first-order valence-electron chi connectivity index (χ1n) is 6.77. The Labute approximate surface area is 109 Å². The molecule has 1 amide bonds. The van der Waals surface area contributed by atoms with Gasteiger partial charge in [-0.15, -0.1) is 0 Å². The van der Waals surface area contributed by atoms with Gasteiger partial charge in [0.2, 0.25) is 5.91 Å². The number of amides is 1. The van der Waals surface area contributed by atoms with Crippen molar-refractivity contribution in [2.45, 2.75) is 44.7 Å². The molecular weight excluding hydrogens is 252 g/mol. The first kappa shape index (κ1) is 13.8. The van der Waals surface area contributed by atoms with E-state index in [0.29, 0.717) is 19.1 Å². The zero-order chi connectivity index (χ0) is 13.2. The Morgan fingerprint density at radius 2 is 2.06 bits per heavy atom. The summed E-state index contributed by atoms with van der Waals surface area (Å²) >= 11 is 0. The van der Waals surface area contributed by atoms with E-state index in [1.165, 1.54) is 0 Å². The van der Waals surface area contributed by atoms with Crippen LogP contribution < -0.4 is 5.32 Å². The molecule has 1 aliphatic carbocycles. The number of hydrogen-bond donors (Lipinski definition) is 1.